The third-order valence-corrected chi connectivity index (χ3v) is 4.86. The number of carbonyl (C=O) groups excluding carboxylic acids is 1. The molecule has 3 aromatic carbocycles. The highest BCUT2D eigenvalue weighted by atomic mass is 16.5. The molecular weight excluding hydrogens is 374 g/mol. The molecule has 0 unspecified atom stereocenters. The molecule has 5 heteroatoms. The van der Waals surface area contributed by atoms with Gasteiger partial charge in [-0.2, -0.15) is 0 Å². The average Bonchev–Trinajstić information content (AvgIpc) is 2.75. The minimum absolute atomic E-state index is 0.0373. The van der Waals surface area contributed by atoms with Crippen LogP contribution in [0.25, 0.3) is 0 Å². The van der Waals surface area contributed by atoms with Gasteiger partial charge in [0.2, 0.25) is 5.91 Å². The van der Waals surface area contributed by atoms with Crippen molar-refractivity contribution in [1.29, 1.82) is 0 Å². The van der Waals surface area contributed by atoms with Crippen molar-refractivity contribution in [3.63, 3.8) is 0 Å². The van der Waals surface area contributed by atoms with Crippen LogP contribution in [0.1, 0.15) is 17.2 Å². The van der Waals surface area contributed by atoms with Crippen molar-refractivity contribution >= 4 is 23.0 Å². The zero-order valence-corrected chi connectivity index (χ0v) is 18.0. The summed E-state index contributed by atoms with van der Waals surface area (Å²) < 4.78 is 6.11. The summed E-state index contributed by atoms with van der Waals surface area (Å²) in [7, 11) is 8.04. The van der Waals surface area contributed by atoms with Crippen molar-refractivity contribution < 1.29 is 9.53 Å². The molecular formula is C25H29N3O2. The maximum Gasteiger partial charge on any atom is 0.250 e. The fraction of sp³-hybridized carbons (Fsp3) is 0.240. The first-order valence-electron chi connectivity index (χ1n) is 9.95. The summed E-state index contributed by atoms with van der Waals surface area (Å²) in [5.74, 6) is -0.180. The van der Waals surface area contributed by atoms with Gasteiger partial charge >= 0.3 is 0 Å². The van der Waals surface area contributed by atoms with Crippen LogP contribution in [0, 0.1) is 0 Å². The molecule has 0 aromatic heterocycles. The Bertz CT molecular complexity index is 885. The topological polar surface area (TPSA) is 44.8 Å². The van der Waals surface area contributed by atoms with Crippen LogP contribution in [0.4, 0.5) is 17.1 Å². The molecule has 3 aromatic rings. The van der Waals surface area contributed by atoms with Crippen molar-refractivity contribution in [2.75, 3.05) is 49.9 Å². The van der Waals surface area contributed by atoms with Gasteiger partial charge in [-0.15, -0.1) is 0 Å². The van der Waals surface area contributed by atoms with Gasteiger partial charge in [0.25, 0.3) is 0 Å². The maximum absolute atomic E-state index is 12.4. The summed E-state index contributed by atoms with van der Waals surface area (Å²) in [6.07, 6.45) is -0.334. The summed E-state index contributed by atoms with van der Waals surface area (Å²) in [5, 5.41) is 2.87. The van der Waals surface area contributed by atoms with E-state index in [1.807, 2.05) is 58.5 Å². The van der Waals surface area contributed by atoms with E-state index in [-0.39, 0.29) is 18.6 Å². The van der Waals surface area contributed by atoms with E-state index in [0.29, 0.717) is 0 Å². The number of rotatable bonds is 8. The third-order valence-electron chi connectivity index (χ3n) is 4.86. The first-order valence-corrected chi connectivity index (χ1v) is 9.95. The quantitative estimate of drug-likeness (QED) is 0.599. The van der Waals surface area contributed by atoms with Crippen LogP contribution >= 0.6 is 0 Å². The highest BCUT2D eigenvalue weighted by Gasteiger charge is 2.17. The Morgan fingerprint density at radius 1 is 0.767 bits per heavy atom. The highest BCUT2D eigenvalue weighted by Crippen LogP contribution is 2.29. The number of nitrogens with zero attached hydrogens (tertiary/aromatic N) is 2. The Labute approximate surface area is 178 Å². The molecule has 0 heterocycles. The van der Waals surface area contributed by atoms with Crippen molar-refractivity contribution in [1.82, 2.24) is 0 Å². The standard InChI is InChI=1S/C25H29N3O2/c1-27(2)22-14-10-19(11-15-22)25(20-12-16-23(17-13-20)28(3)4)30-18-24(29)26-21-8-6-5-7-9-21/h5-17,25H,18H2,1-4H3,(H,26,29). The van der Waals surface area contributed by atoms with Crippen LogP contribution in [-0.4, -0.2) is 40.7 Å². The lowest BCUT2D eigenvalue weighted by Crippen LogP contribution is -2.20. The maximum atomic E-state index is 12.4. The summed E-state index contributed by atoms with van der Waals surface area (Å²) >= 11 is 0. The Balaban J connectivity index is 1.79. The number of hydrogen-bond donors (Lipinski definition) is 1. The van der Waals surface area contributed by atoms with Crippen LogP contribution in [0.5, 0.6) is 0 Å². The van der Waals surface area contributed by atoms with Gasteiger partial charge in [-0.05, 0) is 47.5 Å². The van der Waals surface area contributed by atoms with Crippen LogP contribution in [-0.2, 0) is 9.53 Å². The van der Waals surface area contributed by atoms with Gasteiger partial charge in [0, 0.05) is 45.3 Å². The summed E-state index contributed by atoms with van der Waals surface area (Å²) in [6, 6.07) is 25.8. The number of amides is 1. The molecule has 0 aliphatic rings. The van der Waals surface area contributed by atoms with Crippen LogP contribution < -0.4 is 15.1 Å². The molecule has 30 heavy (non-hydrogen) atoms. The largest absolute Gasteiger partial charge is 0.378 e. The lowest BCUT2D eigenvalue weighted by molar-refractivity contribution is -0.121. The number of ether oxygens (including phenoxy) is 1. The molecule has 156 valence electrons. The number of benzene rings is 3. The number of para-hydroxylation sites is 1. The number of hydrogen-bond acceptors (Lipinski definition) is 4. The number of anilines is 3. The molecule has 0 aliphatic carbocycles. The molecule has 0 fully saturated rings. The van der Waals surface area contributed by atoms with Gasteiger partial charge in [-0.3, -0.25) is 4.79 Å². The van der Waals surface area contributed by atoms with Gasteiger partial charge in [-0.25, -0.2) is 0 Å². The second kappa shape index (κ2) is 9.94. The van der Waals surface area contributed by atoms with Crippen LogP contribution in [0.2, 0.25) is 0 Å². The van der Waals surface area contributed by atoms with Crippen LogP contribution in [0.15, 0.2) is 78.9 Å². The van der Waals surface area contributed by atoms with E-state index >= 15 is 0 Å². The molecule has 0 aliphatic heterocycles. The molecule has 0 saturated carbocycles. The lowest BCUT2D eigenvalue weighted by Gasteiger charge is -2.21. The number of nitrogens with one attached hydrogen (secondary N) is 1. The Morgan fingerprint density at radius 3 is 1.67 bits per heavy atom. The minimum atomic E-state index is -0.334. The Kier molecular flexibility index (Phi) is 7.09. The fourth-order valence-electron chi connectivity index (χ4n) is 3.16. The van der Waals surface area contributed by atoms with E-state index in [4.69, 9.17) is 4.74 Å². The van der Waals surface area contributed by atoms with Crippen molar-refractivity contribution in [2.45, 2.75) is 6.10 Å². The molecule has 3 rings (SSSR count). The zero-order valence-electron chi connectivity index (χ0n) is 18.0. The summed E-state index contributed by atoms with van der Waals surface area (Å²) in [6.45, 7) is -0.0373. The molecule has 1 N–H and O–H groups in total. The van der Waals surface area contributed by atoms with Gasteiger partial charge in [0.15, 0.2) is 0 Å². The van der Waals surface area contributed by atoms with Crippen LogP contribution in [0.3, 0.4) is 0 Å². The SMILES string of the molecule is CN(C)c1ccc(C(OCC(=O)Nc2ccccc2)c2ccc(N(C)C)cc2)cc1. The van der Waals surface area contributed by atoms with E-state index in [1.54, 1.807) is 0 Å². The normalized spacial score (nSPS) is 10.7. The van der Waals surface area contributed by atoms with Gasteiger partial charge in [0.1, 0.15) is 12.7 Å². The van der Waals surface area contributed by atoms with Gasteiger partial charge in [0.05, 0.1) is 0 Å². The molecule has 0 spiro atoms. The van der Waals surface area contributed by atoms with E-state index in [1.165, 1.54) is 0 Å². The molecule has 0 radical (unpaired) electrons. The molecule has 0 atom stereocenters. The summed E-state index contributed by atoms with van der Waals surface area (Å²) in [5.41, 5.74) is 4.99. The van der Waals surface area contributed by atoms with Gasteiger partial charge in [-0.1, -0.05) is 42.5 Å². The summed E-state index contributed by atoms with van der Waals surface area (Å²) in [4.78, 5) is 16.5. The second-order valence-corrected chi connectivity index (χ2v) is 7.58. The smallest absolute Gasteiger partial charge is 0.250 e. The Hall–Kier alpha value is -3.31. The zero-order chi connectivity index (χ0) is 21.5. The average molecular weight is 404 g/mol. The third kappa shape index (κ3) is 5.61. The molecule has 1 amide bonds. The van der Waals surface area contributed by atoms with Gasteiger partial charge < -0.3 is 19.9 Å². The highest BCUT2D eigenvalue weighted by molar-refractivity contribution is 5.91. The first-order chi connectivity index (χ1) is 14.4. The minimum Gasteiger partial charge on any atom is -0.378 e. The molecule has 0 saturated heterocycles. The van der Waals surface area contributed by atoms with E-state index in [0.717, 1.165) is 28.2 Å². The molecule has 5 nitrogen and oxygen atoms in total. The predicted molar refractivity (Wildman–Crippen MR) is 124 cm³/mol. The number of carbonyl (C=O) groups is 1. The van der Waals surface area contributed by atoms with Crippen molar-refractivity contribution in [3.05, 3.63) is 90.0 Å². The van der Waals surface area contributed by atoms with Crippen molar-refractivity contribution in [3.8, 4) is 0 Å². The van der Waals surface area contributed by atoms with E-state index in [2.05, 4.69) is 63.6 Å². The first kappa shape index (κ1) is 21.4. The molecule has 0 bridgehead atoms. The predicted octanol–water partition coefficient (Wildman–Crippen LogP) is 4.56. The fourth-order valence-corrected chi connectivity index (χ4v) is 3.16. The van der Waals surface area contributed by atoms with Crippen molar-refractivity contribution in [2.24, 2.45) is 0 Å². The second-order valence-electron chi connectivity index (χ2n) is 7.58. The van der Waals surface area contributed by atoms with E-state index in [9.17, 15) is 4.79 Å². The monoisotopic (exact) mass is 403 g/mol. The Morgan fingerprint density at radius 2 is 1.23 bits per heavy atom. The van der Waals surface area contributed by atoms with E-state index < -0.39 is 0 Å². The lowest BCUT2D eigenvalue weighted by atomic mass is 10.0.